The largest absolute Gasteiger partial charge is 0.463 e. The molecule has 0 aliphatic heterocycles. The second-order valence-electron chi connectivity index (χ2n) is 3.77. The van der Waals surface area contributed by atoms with Crippen molar-refractivity contribution in [2.24, 2.45) is 4.40 Å². The van der Waals surface area contributed by atoms with E-state index in [0.29, 0.717) is 12.2 Å². The normalized spacial score (nSPS) is 12.0. The third-order valence-electron chi connectivity index (χ3n) is 2.38. The lowest BCUT2D eigenvalue weighted by atomic mass is 10.2. The maximum absolute atomic E-state index is 11.7. The number of hydrogen-bond donors (Lipinski definition) is 0. The van der Waals surface area contributed by atoms with Crippen molar-refractivity contribution in [3.8, 4) is 0 Å². The van der Waals surface area contributed by atoms with Gasteiger partial charge in [-0.3, -0.25) is 0 Å². The minimum absolute atomic E-state index is 0.00573. The predicted octanol–water partition coefficient (Wildman–Crippen LogP) is 2.27. The van der Waals surface area contributed by atoms with Gasteiger partial charge in [0.25, 0.3) is 10.0 Å². The van der Waals surface area contributed by atoms with E-state index in [-0.39, 0.29) is 5.75 Å². The second kappa shape index (κ2) is 5.64. The molecule has 0 aliphatic carbocycles. The van der Waals surface area contributed by atoms with Crippen LogP contribution < -0.4 is 0 Å². The molecule has 0 saturated carbocycles. The molecule has 1 aromatic heterocycles. The van der Waals surface area contributed by atoms with E-state index in [2.05, 4.69) is 4.40 Å². The molecule has 18 heavy (non-hydrogen) atoms. The quantitative estimate of drug-likeness (QED) is 0.777. The van der Waals surface area contributed by atoms with Gasteiger partial charge in [-0.15, -0.1) is 0 Å². The molecule has 0 unspecified atom stereocenters. The Kier molecular flexibility index (Phi) is 3.94. The highest BCUT2D eigenvalue weighted by atomic mass is 32.2. The fourth-order valence-electron chi connectivity index (χ4n) is 1.44. The molecule has 1 heterocycles. The van der Waals surface area contributed by atoms with Gasteiger partial charge < -0.3 is 4.42 Å². The highest BCUT2D eigenvalue weighted by Gasteiger charge is 2.07. The van der Waals surface area contributed by atoms with Gasteiger partial charge in [0.05, 0.1) is 18.2 Å². The Morgan fingerprint density at radius 2 is 1.89 bits per heavy atom. The zero-order valence-corrected chi connectivity index (χ0v) is 10.5. The fourth-order valence-corrected chi connectivity index (χ4v) is 2.30. The number of benzene rings is 1. The number of rotatable bonds is 5. The van der Waals surface area contributed by atoms with Gasteiger partial charge >= 0.3 is 0 Å². The molecule has 94 valence electrons. The van der Waals surface area contributed by atoms with Crippen molar-refractivity contribution in [2.75, 3.05) is 5.75 Å². The summed E-state index contributed by atoms with van der Waals surface area (Å²) in [4.78, 5) is 0. The van der Waals surface area contributed by atoms with Crippen LogP contribution in [0.15, 0.2) is 57.5 Å². The first-order chi connectivity index (χ1) is 8.66. The Balaban J connectivity index is 1.96. The summed E-state index contributed by atoms with van der Waals surface area (Å²) in [7, 11) is -3.45. The van der Waals surface area contributed by atoms with Crippen LogP contribution in [0.5, 0.6) is 0 Å². The van der Waals surface area contributed by atoms with Gasteiger partial charge in [0, 0.05) is 0 Å². The van der Waals surface area contributed by atoms with Gasteiger partial charge in [-0.25, -0.2) is 8.42 Å². The summed E-state index contributed by atoms with van der Waals surface area (Å²) in [6, 6.07) is 12.8. The van der Waals surface area contributed by atoms with Crippen molar-refractivity contribution in [1.29, 1.82) is 0 Å². The first kappa shape index (κ1) is 12.6. The average Bonchev–Trinajstić information content (AvgIpc) is 2.89. The van der Waals surface area contributed by atoms with E-state index in [1.165, 1.54) is 12.5 Å². The van der Waals surface area contributed by atoms with E-state index in [4.69, 9.17) is 4.42 Å². The smallest absolute Gasteiger partial charge is 0.253 e. The molecule has 0 atom stereocenters. The van der Waals surface area contributed by atoms with Crippen LogP contribution in [0.3, 0.4) is 0 Å². The highest BCUT2D eigenvalue weighted by molar-refractivity contribution is 7.90. The number of hydrogen-bond acceptors (Lipinski definition) is 3. The summed E-state index contributed by atoms with van der Waals surface area (Å²) >= 11 is 0. The van der Waals surface area contributed by atoms with E-state index in [1.807, 2.05) is 30.3 Å². The average molecular weight is 263 g/mol. The fraction of sp³-hybridized carbons (Fsp3) is 0.154. The van der Waals surface area contributed by atoms with Gasteiger partial charge in [-0.05, 0) is 24.1 Å². The lowest BCUT2D eigenvalue weighted by Gasteiger charge is -1.99. The predicted molar refractivity (Wildman–Crippen MR) is 70.2 cm³/mol. The van der Waals surface area contributed by atoms with Crippen molar-refractivity contribution >= 4 is 16.2 Å². The van der Waals surface area contributed by atoms with Crippen molar-refractivity contribution in [1.82, 2.24) is 0 Å². The zero-order valence-electron chi connectivity index (χ0n) is 9.69. The van der Waals surface area contributed by atoms with Gasteiger partial charge in [0.15, 0.2) is 0 Å². The summed E-state index contributed by atoms with van der Waals surface area (Å²) in [5.41, 5.74) is 0.981. The Morgan fingerprint density at radius 1 is 1.11 bits per heavy atom. The monoisotopic (exact) mass is 263 g/mol. The van der Waals surface area contributed by atoms with Gasteiger partial charge in [-0.1, -0.05) is 30.3 Å². The van der Waals surface area contributed by atoms with Crippen LogP contribution >= 0.6 is 0 Å². The number of aryl methyl sites for hydroxylation is 1. The zero-order chi connectivity index (χ0) is 12.8. The van der Waals surface area contributed by atoms with E-state index >= 15 is 0 Å². The Hall–Kier alpha value is -1.88. The van der Waals surface area contributed by atoms with Crippen LogP contribution in [-0.2, 0) is 16.4 Å². The van der Waals surface area contributed by atoms with Gasteiger partial charge in [-0.2, -0.15) is 4.40 Å². The van der Waals surface area contributed by atoms with Crippen LogP contribution in [0, 0.1) is 0 Å². The van der Waals surface area contributed by atoms with E-state index in [9.17, 15) is 8.42 Å². The van der Waals surface area contributed by atoms with E-state index in [0.717, 1.165) is 5.56 Å². The Labute approximate surface area is 106 Å². The van der Waals surface area contributed by atoms with Gasteiger partial charge in [0.1, 0.15) is 5.76 Å². The number of sulfonamides is 1. The molecule has 2 aromatic rings. The van der Waals surface area contributed by atoms with Crippen LogP contribution in [0.4, 0.5) is 0 Å². The van der Waals surface area contributed by atoms with Crippen molar-refractivity contribution < 1.29 is 12.8 Å². The van der Waals surface area contributed by atoms with Crippen molar-refractivity contribution in [3.05, 3.63) is 60.1 Å². The summed E-state index contributed by atoms with van der Waals surface area (Å²) < 4.78 is 31.9. The molecule has 0 bridgehead atoms. The maximum atomic E-state index is 11.7. The van der Waals surface area contributed by atoms with Gasteiger partial charge in [0.2, 0.25) is 0 Å². The standard InChI is InChI=1S/C13H13NO3S/c15-18(16,14-11-13-7-4-9-17-13)10-8-12-5-2-1-3-6-12/h1-7,9,11H,8,10H2. The second-order valence-corrected chi connectivity index (χ2v) is 5.55. The lowest BCUT2D eigenvalue weighted by molar-refractivity contribution is 0.560. The molecule has 4 nitrogen and oxygen atoms in total. The van der Waals surface area contributed by atoms with Crippen molar-refractivity contribution in [3.63, 3.8) is 0 Å². The molecule has 5 heteroatoms. The third kappa shape index (κ3) is 3.85. The molecule has 0 aliphatic rings. The molecule has 0 N–H and O–H groups in total. The number of nitrogens with zero attached hydrogens (tertiary/aromatic N) is 1. The van der Waals surface area contributed by atoms with Crippen LogP contribution in [0.1, 0.15) is 11.3 Å². The lowest BCUT2D eigenvalue weighted by Crippen LogP contribution is -2.05. The Morgan fingerprint density at radius 3 is 2.56 bits per heavy atom. The maximum Gasteiger partial charge on any atom is 0.253 e. The van der Waals surface area contributed by atoms with E-state index in [1.54, 1.807) is 12.1 Å². The summed E-state index contributed by atoms with van der Waals surface area (Å²) in [6.45, 7) is 0. The minimum atomic E-state index is -3.45. The molecule has 0 saturated heterocycles. The van der Waals surface area contributed by atoms with Crippen LogP contribution in [0.2, 0.25) is 0 Å². The topological polar surface area (TPSA) is 59.6 Å². The highest BCUT2D eigenvalue weighted by Crippen LogP contribution is 2.04. The molecule has 0 fully saturated rings. The van der Waals surface area contributed by atoms with Crippen LogP contribution in [-0.4, -0.2) is 20.4 Å². The first-order valence-corrected chi connectivity index (χ1v) is 7.12. The molecule has 0 amide bonds. The first-order valence-electron chi connectivity index (χ1n) is 5.51. The molecule has 2 rings (SSSR count). The Bertz CT molecular complexity index is 601. The van der Waals surface area contributed by atoms with Crippen LogP contribution in [0.25, 0.3) is 0 Å². The number of furan rings is 1. The molecule has 0 spiro atoms. The van der Waals surface area contributed by atoms with E-state index < -0.39 is 10.0 Å². The SMILES string of the molecule is O=S(=O)(CCc1ccccc1)N=Cc1ccco1. The summed E-state index contributed by atoms with van der Waals surface area (Å²) in [5, 5.41) is 0. The summed E-state index contributed by atoms with van der Waals surface area (Å²) in [6.07, 6.45) is 3.15. The molecular weight excluding hydrogens is 250 g/mol. The minimum Gasteiger partial charge on any atom is -0.463 e. The molecule has 1 aromatic carbocycles. The molecule has 0 radical (unpaired) electrons. The summed E-state index contributed by atoms with van der Waals surface area (Å²) in [5.74, 6) is 0.423. The van der Waals surface area contributed by atoms with Crippen molar-refractivity contribution in [2.45, 2.75) is 6.42 Å². The third-order valence-corrected chi connectivity index (χ3v) is 3.52. The molecular formula is C13H13NO3S.